The van der Waals surface area contributed by atoms with Gasteiger partial charge in [-0.1, -0.05) is 36.9 Å². The number of nitrogens with zero attached hydrogens (tertiary/aromatic N) is 1. The van der Waals surface area contributed by atoms with Crippen LogP contribution in [-0.2, 0) is 12.6 Å². The molecular weight excluding hydrogens is 241 g/mol. The minimum Gasteiger partial charge on any atom is -0.273 e. The number of hydrogen-bond donors (Lipinski definition) is 1. The van der Waals surface area contributed by atoms with E-state index in [0.717, 1.165) is 11.1 Å². The molecule has 0 saturated carbocycles. The minimum absolute atomic E-state index is 0.147. The molecule has 0 amide bonds. The summed E-state index contributed by atoms with van der Waals surface area (Å²) in [4.78, 5) is 0. The van der Waals surface area contributed by atoms with Gasteiger partial charge >= 0.3 is 6.18 Å². The van der Waals surface area contributed by atoms with Crippen molar-refractivity contribution in [1.29, 1.82) is 0 Å². The first kappa shape index (κ1) is 12.4. The van der Waals surface area contributed by atoms with Crippen molar-refractivity contribution >= 4 is 6.08 Å². The van der Waals surface area contributed by atoms with E-state index in [4.69, 9.17) is 0 Å². The molecule has 5 heteroatoms. The Morgan fingerprint density at radius 1 is 1.22 bits per heavy atom. The topological polar surface area (TPSA) is 28.7 Å². The maximum Gasteiger partial charge on any atom is 0.433 e. The van der Waals surface area contributed by atoms with E-state index in [2.05, 4.69) is 11.7 Å². The molecule has 0 bridgehead atoms. The van der Waals surface area contributed by atoms with Gasteiger partial charge in [-0.2, -0.15) is 18.3 Å². The maximum atomic E-state index is 12.6. The van der Waals surface area contributed by atoms with Crippen molar-refractivity contribution in [2.45, 2.75) is 12.6 Å². The third-order valence-corrected chi connectivity index (χ3v) is 2.61. The molecule has 1 aromatic carbocycles. The fourth-order valence-electron chi connectivity index (χ4n) is 1.68. The lowest BCUT2D eigenvalue weighted by molar-refractivity contribution is -0.141. The van der Waals surface area contributed by atoms with Gasteiger partial charge in [0.15, 0.2) is 0 Å². The van der Waals surface area contributed by atoms with Gasteiger partial charge in [0.2, 0.25) is 0 Å². The standard InChI is InChI=1S/C13H11F3N2/c1-2-9-3-5-10(6-4-9)7-11-8-17-18-12(11)13(14,15)16/h2-6,8H,1,7H2,(H,17,18). The van der Waals surface area contributed by atoms with Gasteiger partial charge in [0.1, 0.15) is 5.69 Å². The Balaban J connectivity index is 2.23. The molecule has 1 aromatic heterocycles. The van der Waals surface area contributed by atoms with Crippen LogP contribution >= 0.6 is 0 Å². The van der Waals surface area contributed by atoms with E-state index in [-0.39, 0.29) is 12.0 Å². The Morgan fingerprint density at radius 2 is 1.89 bits per heavy atom. The van der Waals surface area contributed by atoms with Crippen LogP contribution in [0, 0.1) is 0 Å². The number of benzene rings is 1. The lowest BCUT2D eigenvalue weighted by Crippen LogP contribution is -2.09. The van der Waals surface area contributed by atoms with Gasteiger partial charge in [-0.05, 0) is 11.1 Å². The summed E-state index contributed by atoms with van der Waals surface area (Å²) in [5, 5.41) is 5.45. The molecule has 0 fully saturated rings. The van der Waals surface area contributed by atoms with E-state index in [9.17, 15) is 13.2 Å². The number of aromatic amines is 1. The Hall–Kier alpha value is -2.04. The van der Waals surface area contributed by atoms with E-state index >= 15 is 0 Å². The van der Waals surface area contributed by atoms with Crippen LogP contribution in [0.2, 0.25) is 0 Å². The summed E-state index contributed by atoms with van der Waals surface area (Å²) in [5.41, 5.74) is 1.10. The highest BCUT2D eigenvalue weighted by Crippen LogP contribution is 2.31. The highest BCUT2D eigenvalue weighted by Gasteiger charge is 2.35. The van der Waals surface area contributed by atoms with Crippen molar-refractivity contribution in [2.75, 3.05) is 0 Å². The van der Waals surface area contributed by atoms with Crippen molar-refractivity contribution in [3.63, 3.8) is 0 Å². The Bertz CT molecular complexity index is 538. The van der Waals surface area contributed by atoms with Crippen molar-refractivity contribution in [2.24, 2.45) is 0 Å². The van der Waals surface area contributed by atoms with Crippen molar-refractivity contribution in [3.05, 3.63) is 59.4 Å². The molecule has 2 nitrogen and oxygen atoms in total. The normalized spacial score (nSPS) is 11.5. The molecule has 1 N–H and O–H groups in total. The third-order valence-electron chi connectivity index (χ3n) is 2.61. The number of rotatable bonds is 3. The first-order valence-electron chi connectivity index (χ1n) is 5.31. The van der Waals surface area contributed by atoms with Crippen molar-refractivity contribution in [3.8, 4) is 0 Å². The summed E-state index contributed by atoms with van der Waals surface area (Å²) in [6.07, 6.45) is -1.30. The quantitative estimate of drug-likeness (QED) is 0.887. The number of H-pyrrole nitrogens is 1. The number of hydrogen-bond acceptors (Lipinski definition) is 1. The molecule has 18 heavy (non-hydrogen) atoms. The van der Waals surface area contributed by atoms with Crippen LogP contribution in [0.25, 0.3) is 6.08 Å². The number of aromatic nitrogens is 2. The smallest absolute Gasteiger partial charge is 0.273 e. The molecule has 0 aliphatic rings. The molecule has 1 heterocycles. The first-order valence-corrected chi connectivity index (χ1v) is 5.31. The second kappa shape index (κ2) is 4.68. The Labute approximate surface area is 102 Å². The van der Waals surface area contributed by atoms with Crippen molar-refractivity contribution in [1.82, 2.24) is 10.2 Å². The molecule has 0 aliphatic carbocycles. The molecule has 0 aliphatic heterocycles. The van der Waals surface area contributed by atoms with E-state index < -0.39 is 11.9 Å². The minimum atomic E-state index is -4.40. The molecule has 2 rings (SSSR count). The first-order chi connectivity index (χ1) is 8.50. The van der Waals surface area contributed by atoms with Crippen LogP contribution in [0.15, 0.2) is 37.0 Å². The summed E-state index contributed by atoms with van der Waals surface area (Å²) in [7, 11) is 0. The van der Waals surface area contributed by atoms with E-state index in [0.29, 0.717) is 0 Å². The van der Waals surface area contributed by atoms with Crippen molar-refractivity contribution < 1.29 is 13.2 Å². The number of alkyl halides is 3. The summed E-state index contributed by atoms with van der Waals surface area (Å²) in [5.74, 6) is 0. The summed E-state index contributed by atoms with van der Waals surface area (Å²) in [6, 6.07) is 7.19. The van der Waals surface area contributed by atoms with Gasteiger partial charge in [0.25, 0.3) is 0 Å². The number of halogens is 3. The van der Waals surface area contributed by atoms with Crippen LogP contribution in [-0.4, -0.2) is 10.2 Å². The monoisotopic (exact) mass is 252 g/mol. The molecule has 0 atom stereocenters. The molecule has 0 unspecified atom stereocenters. The summed E-state index contributed by atoms with van der Waals surface area (Å²) >= 11 is 0. The molecule has 2 aromatic rings. The van der Waals surface area contributed by atoms with Gasteiger partial charge in [0.05, 0.1) is 6.20 Å². The zero-order valence-corrected chi connectivity index (χ0v) is 9.46. The van der Waals surface area contributed by atoms with Crippen LogP contribution in [0.5, 0.6) is 0 Å². The second-order valence-electron chi connectivity index (χ2n) is 3.89. The fraction of sp³-hybridized carbons (Fsp3) is 0.154. The van der Waals surface area contributed by atoms with Gasteiger partial charge in [0, 0.05) is 12.0 Å². The molecular formula is C13H11F3N2. The van der Waals surface area contributed by atoms with Crippen LogP contribution in [0.3, 0.4) is 0 Å². The summed E-state index contributed by atoms with van der Waals surface area (Å²) in [6.45, 7) is 3.62. The highest BCUT2D eigenvalue weighted by molar-refractivity contribution is 5.47. The molecule has 0 spiro atoms. The average Bonchev–Trinajstić information content (AvgIpc) is 2.78. The van der Waals surface area contributed by atoms with E-state index in [1.807, 2.05) is 17.2 Å². The summed E-state index contributed by atoms with van der Waals surface area (Å²) < 4.78 is 37.9. The van der Waals surface area contributed by atoms with Gasteiger partial charge in [-0.15, -0.1) is 0 Å². The number of nitrogens with one attached hydrogen (secondary N) is 1. The highest BCUT2D eigenvalue weighted by atomic mass is 19.4. The van der Waals surface area contributed by atoms with Gasteiger partial charge < -0.3 is 0 Å². The zero-order chi connectivity index (χ0) is 13.2. The zero-order valence-electron chi connectivity index (χ0n) is 9.46. The van der Waals surface area contributed by atoms with Gasteiger partial charge in [-0.25, -0.2) is 0 Å². The molecule has 0 radical (unpaired) electrons. The lowest BCUT2D eigenvalue weighted by Gasteiger charge is -2.07. The Morgan fingerprint density at radius 3 is 2.44 bits per heavy atom. The van der Waals surface area contributed by atoms with Crippen LogP contribution in [0.4, 0.5) is 13.2 Å². The average molecular weight is 252 g/mol. The maximum absolute atomic E-state index is 12.6. The largest absolute Gasteiger partial charge is 0.433 e. The SMILES string of the molecule is C=Cc1ccc(Cc2cn[nH]c2C(F)(F)F)cc1. The molecule has 94 valence electrons. The fourth-order valence-corrected chi connectivity index (χ4v) is 1.68. The lowest BCUT2D eigenvalue weighted by atomic mass is 10.0. The predicted molar refractivity (Wildman–Crippen MR) is 62.9 cm³/mol. The predicted octanol–water partition coefficient (Wildman–Crippen LogP) is 3.66. The van der Waals surface area contributed by atoms with E-state index in [1.165, 1.54) is 6.20 Å². The Kier molecular flexibility index (Phi) is 3.23. The van der Waals surface area contributed by atoms with Crippen LogP contribution < -0.4 is 0 Å². The van der Waals surface area contributed by atoms with Gasteiger partial charge in [-0.3, -0.25) is 5.10 Å². The third kappa shape index (κ3) is 2.61. The van der Waals surface area contributed by atoms with E-state index in [1.54, 1.807) is 18.2 Å². The molecule has 0 saturated heterocycles. The second-order valence-corrected chi connectivity index (χ2v) is 3.89. The van der Waals surface area contributed by atoms with Crippen LogP contribution in [0.1, 0.15) is 22.4 Å².